The van der Waals surface area contributed by atoms with Crippen molar-refractivity contribution in [3.8, 4) is 5.75 Å². The molecule has 0 radical (unpaired) electrons. The number of ether oxygens (including phenoxy) is 1. The second kappa shape index (κ2) is 8.32. The zero-order chi connectivity index (χ0) is 22.4. The monoisotopic (exact) mass is 505 g/mol. The Hall–Kier alpha value is -2.60. The van der Waals surface area contributed by atoms with Crippen LogP contribution in [0.15, 0.2) is 65.3 Å². The Balaban J connectivity index is 1.12. The zero-order valence-electron chi connectivity index (χ0n) is 18.5. The minimum Gasteiger partial charge on any atom is -0.489 e. The number of amides is 1. The number of nitrogens with zero attached hydrogens (tertiary/aromatic N) is 2. The molecule has 0 aliphatic heterocycles. The summed E-state index contributed by atoms with van der Waals surface area (Å²) in [5.74, 6) is 3.87. The quantitative estimate of drug-likeness (QED) is 0.421. The third-order valence-corrected chi connectivity index (χ3v) is 8.26. The summed E-state index contributed by atoms with van der Waals surface area (Å²) in [6, 6.07) is 17.2. The van der Waals surface area contributed by atoms with Crippen LogP contribution in [0.1, 0.15) is 54.4 Å². The molecule has 4 aliphatic rings. The minimum atomic E-state index is -0.142. The largest absolute Gasteiger partial charge is 0.489 e. The Morgan fingerprint density at radius 1 is 1.03 bits per heavy atom. The van der Waals surface area contributed by atoms with E-state index in [9.17, 15) is 4.79 Å². The molecule has 4 saturated carbocycles. The predicted octanol–water partition coefficient (Wildman–Crippen LogP) is 6.40. The van der Waals surface area contributed by atoms with Gasteiger partial charge in [-0.3, -0.25) is 9.48 Å². The topological polar surface area (TPSA) is 56.2 Å². The number of aromatic nitrogens is 2. The predicted molar refractivity (Wildman–Crippen MR) is 131 cm³/mol. The highest BCUT2D eigenvalue weighted by atomic mass is 79.9. The molecule has 0 spiro atoms. The lowest BCUT2D eigenvalue weighted by molar-refractivity contribution is -0.0492. The van der Waals surface area contributed by atoms with Gasteiger partial charge in [0.25, 0.3) is 5.91 Å². The van der Waals surface area contributed by atoms with E-state index < -0.39 is 0 Å². The third kappa shape index (κ3) is 4.21. The molecule has 33 heavy (non-hydrogen) atoms. The molecule has 0 atom stereocenters. The van der Waals surface area contributed by atoms with Crippen LogP contribution in [0.4, 0.5) is 5.82 Å². The lowest BCUT2D eigenvalue weighted by Gasteiger charge is -2.56. The number of hydrogen-bond acceptors (Lipinski definition) is 3. The Bertz CT molecular complexity index is 1130. The highest BCUT2D eigenvalue weighted by Crippen LogP contribution is 2.58. The summed E-state index contributed by atoms with van der Waals surface area (Å²) in [7, 11) is 0. The van der Waals surface area contributed by atoms with Gasteiger partial charge < -0.3 is 10.1 Å². The van der Waals surface area contributed by atoms with E-state index in [1.807, 2.05) is 54.6 Å². The van der Waals surface area contributed by atoms with E-state index in [4.69, 9.17) is 9.84 Å². The molecule has 7 rings (SSSR count). The van der Waals surface area contributed by atoms with Crippen molar-refractivity contribution in [2.24, 2.45) is 17.8 Å². The molecule has 0 saturated heterocycles. The summed E-state index contributed by atoms with van der Waals surface area (Å²) >= 11 is 3.43. The Morgan fingerprint density at radius 2 is 1.73 bits per heavy atom. The van der Waals surface area contributed by atoms with Crippen molar-refractivity contribution < 1.29 is 9.53 Å². The van der Waals surface area contributed by atoms with E-state index in [1.54, 1.807) is 0 Å². The first-order chi connectivity index (χ1) is 16.0. The summed E-state index contributed by atoms with van der Waals surface area (Å²) in [6.07, 6.45) is 10.0. The molecular weight excluding hydrogens is 478 g/mol. The zero-order valence-corrected chi connectivity index (χ0v) is 20.1. The molecule has 1 amide bonds. The van der Waals surface area contributed by atoms with Gasteiger partial charge in [0, 0.05) is 22.3 Å². The van der Waals surface area contributed by atoms with Crippen molar-refractivity contribution in [1.82, 2.24) is 9.78 Å². The number of halogens is 1. The lowest BCUT2D eigenvalue weighted by atomic mass is 9.53. The van der Waals surface area contributed by atoms with Gasteiger partial charge in [-0.25, -0.2) is 0 Å². The standard InChI is InChI=1S/C27H28BrN3O2/c28-23-4-6-24(7-5-23)33-17-18-2-1-3-22(13-18)26(32)29-25-8-9-31(30-25)27-14-19-10-20(15-27)12-21(11-19)16-27/h1-9,13,19-21H,10-12,14-17H2,(H,29,30,32). The van der Waals surface area contributed by atoms with Gasteiger partial charge >= 0.3 is 0 Å². The molecule has 6 heteroatoms. The number of hydrogen-bond donors (Lipinski definition) is 1. The second-order valence-corrected chi connectivity index (χ2v) is 11.1. The second-order valence-electron chi connectivity index (χ2n) is 10.2. The number of rotatable bonds is 6. The molecule has 4 fully saturated rings. The first-order valence-corrected chi connectivity index (χ1v) is 12.7. The van der Waals surface area contributed by atoms with E-state index >= 15 is 0 Å². The molecular formula is C27H28BrN3O2. The van der Waals surface area contributed by atoms with Crippen molar-refractivity contribution in [3.05, 3.63) is 76.4 Å². The fraction of sp³-hybridized carbons (Fsp3) is 0.407. The molecule has 170 valence electrons. The van der Waals surface area contributed by atoms with Crippen LogP contribution in [0.5, 0.6) is 5.75 Å². The van der Waals surface area contributed by atoms with Crippen LogP contribution in [0.3, 0.4) is 0 Å². The van der Waals surface area contributed by atoms with Crippen molar-refractivity contribution in [3.63, 3.8) is 0 Å². The molecule has 0 unspecified atom stereocenters. The van der Waals surface area contributed by atoms with Crippen molar-refractivity contribution in [2.45, 2.75) is 50.7 Å². The molecule has 4 aliphatic carbocycles. The van der Waals surface area contributed by atoms with E-state index in [-0.39, 0.29) is 11.4 Å². The molecule has 5 nitrogen and oxygen atoms in total. The van der Waals surface area contributed by atoms with E-state index in [0.29, 0.717) is 18.0 Å². The van der Waals surface area contributed by atoms with Crippen LogP contribution in [0.2, 0.25) is 0 Å². The first-order valence-electron chi connectivity index (χ1n) is 11.9. The maximum Gasteiger partial charge on any atom is 0.256 e. The fourth-order valence-corrected chi connectivity index (χ4v) is 6.95. The van der Waals surface area contributed by atoms with Gasteiger partial charge in [0.05, 0.1) is 5.54 Å². The van der Waals surface area contributed by atoms with Crippen molar-refractivity contribution >= 4 is 27.7 Å². The average Bonchev–Trinajstić information content (AvgIpc) is 3.27. The van der Waals surface area contributed by atoms with Gasteiger partial charge in [-0.2, -0.15) is 5.10 Å². The van der Waals surface area contributed by atoms with Gasteiger partial charge in [-0.1, -0.05) is 28.1 Å². The van der Waals surface area contributed by atoms with E-state index in [2.05, 4.69) is 32.1 Å². The summed E-state index contributed by atoms with van der Waals surface area (Å²) in [5, 5.41) is 7.83. The van der Waals surface area contributed by atoms with Crippen molar-refractivity contribution in [2.75, 3.05) is 5.32 Å². The van der Waals surface area contributed by atoms with Crippen LogP contribution in [-0.4, -0.2) is 15.7 Å². The smallest absolute Gasteiger partial charge is 0.256 e. The van der Waals surface area contributed by atoms with Gasteiger partial charge in [0.2, 0.25) is 0 Å². The van der Waals surface area contributed by atoms with Crippen molar-refractivity contribution in [1.29, 1.82) is 0 Å². The molecule has 3 aromatic rings. The van der Waals surface area contributed by atoms with Crippen LogP contribution in [0, 0.1) is 17.8 Å². The summed E-state index contributed by atoms with van der Waals surface area (Å²) < 4.78 is 9.04. The van der Waals surface area contributed by atoms with Crippen LogP contribution in [-0.2, 0) is 12.1 Å². The molecule has 4 bridgehead atoms. The van der Waals surface area contributed by atoms with Gasteiger partial charge in [0.1, 0.15) is 12.4 Å². The summed E-state index contributed by atoms with van der Waals surface area (Å²) in [4.78, 5) is 12.9. The normalized spacial score (nSPS) is 27.5. The average molecular weight is 506 g/mol. The van der Waals surface area contributed by atoms with Crippen LogP contribution >= 0.6 is 15.9 Å². The summed E-state index contributed by atoms with van der Waals surface area (Å²) in [6.45, 7) is 0.406. The highest BCUT2D eigenvalue weighted by Gasteiger charge is 2.52. The number of carbonyl (C=O) groups is 1. The Morgan fingerprint density at radius 3 is 2.42 bits per heavy atom. The Labute approximate surface area is 202 Å². The lowest BCUT2D eigenvalue weighted by Crippen LogP contribution is -2.52. The van der Waals surface area contributed by atoms with Crippen LogP contribution < -0.4 is 10.1 Å². The number of anilines is 1. The Kier molecular flexibility index (Phi) is 5.28. The molecule has 1 N–H and O–H groups in total. The minimum absolute atomic E-state index is 0.142. The summed E-state index contributed by atoms with van der Waals surface area (Å²) in [5.41, 5.74) is 1.73. The molecule has 2 aromatic carbocycles. The number of carbonyl (C=O) groups excluding carboxylic acids is 1. The SMILES string of the molecule is O=C(Nc1ccn(C23CC4CC(CC(C4)C2)C3)n1)c1cccc(COc2ccc(Br)cc2)c1. The molecule has 1 heterocycles. The van der Waals surface area contributed by atoms with Gasteiger partial charge in [0.15, 0.2) is 5.82 Å². The molecule has 1 aromatic heterocycles. The van der Waals surface area contributed by atoms with Crippen LogP contribution in [0.25, 0.3) is 0 Å². The van der Waals surface area contributed by atoms with E-state index in [0.717, 1.165) is 33.5 Å². The maximum absolute atomic E-state index is 12.9. The third-order valence-electron chi connectivity index (χ3n) is 7.73. The number of nitrogens with one attached hydrogen (secondary N) is 1. The van der Waals surface area contributed by atoms with Gasteiger partial charge in [-0.15, -0.1) is 0 Å². The number of benzene rings is 2. The first kappa shape index (κ1) is 21.0. The van der Waals surface area contributed by atoms with Gasteiger partial charge in [-0.05, 0) is 98.2 Å². The van der Waals surface area contributed by atoms with E-state index in [1.165, 1.54) is 38.5 Å². The highest BCUT2D eigenvalue weighted by molar-refractivity contribution is 9.10. The maximum atomic E-state index is 12.9. The fourth-order valence-electron chi connectivity index (χ4n) is 6.69.